The fraction of sp³-hybridized carbons (Fsp3) is 0.333. The maximum atomic E-state index is 12.6. The Morgan fingerprint density at radius 3 is 1.96 bits per heavy atom. The molecule has 28 heavy (non-hydrogen) atoms. The topological polar surface area (TPSA) is 77.1 Å². The average Bonchev–Trinajstić information content (AvgIpc) is 2.71. The molecular formula is C21H26N2O5. The number of aryl methyl sites for hydroxylation is 1. The molecule has 2 rings (SSSR count). The summed E-state index contributed by atoms with van der Waals surface area (Å²) in [6.07, 6.45) is 0.905. The Hall–Kier alpha value is -3.22. The molecule has 0 aromatic heterocycles. The number of nitrogens with zero attached hydrogens (tertiary/aromatic N) is 1. The van der Waals surface area contributed by atoms with Gasteiger partial charge in [0, 0.05) is 30.4 Å². The molecule has 7 nitrogen and oxygen atoms in total. The van der Waals surface area contributed by atoms with E-state index < -0.39 is 0 Å². The molecule has 2 amide bonds. The number of methoxy groups -OCH3 is 3. The largest absolute Gasteiger partial charge is 0.493 e. The van der Waals surface area contributed by atoms with Gasteiger partial charge < -0.3 is 24.4 Å². The quantitative estimate of drug-likeness (QED) is 0.753. The van der Waals surface area contributed by atoms with Crippen LogP contribution in [0.15, 0.2) is 36.4 Å². The SMILES string of the molecule is CCc1ccc(N(CC(=O)Nc2cc(OC)c(OC)c(OC)c2)C(C)=O)cc1. The normalized spacial score (nSPS) is 10.2. The smallest absolute Gasteiger partial charge is 0.244 e. The van der Waals surface area contributed by atoms with Crippen molar-refractivity contribution in [3.8, 4) is 17.2 Å². The van der Waals surface area contributed by atoms with E-state index in [4.69, 9.17) is 14.2 Å². The van der Waals surface area contributed by atoms with Crippen molar-refractivity contribution in [2.75, 3.05) is 38.1 Å². The van der Waals surface area contributed by atoms with Gasteiger partial charge in [0.1, 0.15) is 6.54 Å². The van der Waals surface area contributed by atoms with Gasteiger partial charge in [0.15, 0.2) is 11.5 Å². The lowest BCUT2D eigenvalue weighted by Crippen LogP contribution is -2.36. The van der Waals surface area contributed by atoms with Gasteiger partial charge in [-0.1, -0.05) is 19.1 Å². The second kappa shape index (κ2) is 9.64. The third-order valence-corrected chi connectivity index (χ3v) is 4.29. The molecule has 2 aromatic carbocycles. The summed E-state index contributed by atoms with van der Waals surface area (Å²) in [4.78, 5) is 26.0. The molecule has 0 saturated carbocycles. The summed E-state index contributed by atoms with van der Waals surface area (Å²) in [5, 5.41) is 2.77. The molecule has 0 bridgehead atoms. The summed E-state index contributed by atoms with van der Waals surface area (Å²) < 4.78 is 15.9. The Bertz CT molecular complexity index is 808. The molecule has 0 radical (unpaired) electrons. The van der Waals surface area contributed by atoms with E-state index in [2.05, 4.69) is 12.2 Å². The summed E-state index contributed by atoms with van der Waals surface area (Å²) in [5.41, 5.74) is 2.31. The molecule has 0 unspecified atom stereocenters. The van der Waals surface area contributed by atoms with E-state index in [1.54, 1.807) is 12.1 Å². The molecule has 0 aliphatic rings. The summed E-state index contributed by atoms with van der Waals surface area (Å²) in [5.74, 6) is 0.726. The van der Waals surface area contributed by atoms with Crippen molar-refractivity contribution in [1.29, 1.82) is 0 Å². The van der Waals surface area contributed by atoms with Gasteiger partial charge in [-0.25, -0.2) is 0 Å². The maximum Gasteiger partial charge on any atom is 0.244 e. The van der Waals surface area contributed by atoms with Crippen LogP contribution in [-0.2, 0) is 16.0 Å². The number of carbonyl (C=O) groups excluding carboxylic acids is 2. The molecule has 0 saturated heterocycles. The molecule has 1 N–H and O–H groups in total. The molecule has 0 heterocycles. The predicted molar refractivity (Wildman–Crippen MR) is 109 cm³/mol. The minimum absolute atomic E-state index is 0.114. The molecule has 0 aliphatic heterocycles. The highest BCUT2D eigenvalue weighted by atomic mass is 16.5. The Balaban J connectivity index is 2.19. The van der Waals surface area contributed by atoms with Gasteiger partial charge in [-0.2, -0.15) is 0 Å². The highest BCUT2D eigenvalue weighted by molar-refractivity contribution is 6.02. The number of rotatable bonds is 8. The third kappa shape index (κ3) is 4.94. The van der Waals surface area contributed by atoms with Gasteiger partial charge in [-0.3, -0.25) is 9.59 Å². The van der Waals surface area contributed by atoms with Crippen LogP contribution in [-0.4, -0.2) is 39.7 Å². The second-order valence-corrected chi connectivity index (χ2v) is 6.09. The van der Waals surface area contributed by atoms with Gasteiger partial charge in [0.25, 0.3) is 0 Å². The van der Waals surface area contributed by atoms with Gasteiger partial charge in [0.05, 0.1) is 21.3 Å². The zero-order valence-electron chi connectivity index (χ0n) is 16.9. The van der Waals surface area contributed by atoms with E-state index >= 15 is 0 Å². The summed E-state index contributed by atoms with van der Waals surface area (Å²) in [6.45, 7) is 3.38. The summed E-state index contributed by atoms with van der Waals surface area (Å²) in [6, 6.07) is 10.8. The number of anilines is 2. The zero-order chi connectivity index (χ0) is 20.7. The van der Waals surface area contributed by atoms with E-state index in [0.29, 0.717) is 28.6 Å². The molecule has 0 fully saturated rings. The van der Waals surface area contributed by atoms with Crippen LogP contribution in [0.25, 0.3) is 0 Å². The Morgan fingerprint density at radius 1 is 0.964 bits per heavy atom. The van der Waals surface area contributed by atoms with Crippen LogP contribution in [0.5, 0.6) is 17.2 Å². The van der Waals surface area contributed by atoms with Crippen LogP contribution >= 0.6 is 0 Å². The van der Waals surface area contributed by atoms with E-state index in [1.165, 1.54) is 33.2 Å². The van der Waals surface area contributed by atoms with Crippen LogP contribution in [0.2, 0.25) is 0 Å². The first-order chi connectivity index (χ1) is 13.4. The molecule has 2 aromatic rings. The Morgan fingerprint density at radius 2 is 1.54 bits per heavy atom. The predicted octanol–water partition coefficient (Wildman–Crippen LogP) is 3.27. The number of ether oxygens (including phenoxy) is 3. The number of amides is 2. The first-order valence-corrected chi connectivity index (χ1v) is 8.90. The van der Waals surface area contributed by atoms with Crippen molar-refractivity contribution in [3.05, 3.63) is 42.0 Å². The average molecular weight is 386 g/mol. The van der Waals surface area contributed by atoms with Gasteiger partial charge >= 0.3 is 0 Å². The molecule has 150 valence electrons. The number of hydrogen-bond donors (Lipinski definition) is 1. The van der Waals surface area contributed by atoms with E-state index in [1.807, 2.05) is 24.3 Å². The van der Waals surface area contributed by atoms with Crippen molar-refractivity contribution >= 4 is 23.2 Å². The number of hydrogen-bond acceptors (Lipinski definition) is 5. The van der Waals surface area contributed by atoms with Crippen LogP contribution in [0.1, 0.15) is 19.4 Å². The van der Waals surface area contributed by atoms with Crippen LogP contribution in [0.3, 0.4) is 0 Å². The minimum atomic E-state index is -0.343. The fourth-order valence-electron chi connectivity index (χ4n) is 2.79. The zero-order valence-corrected chi connectivity index (χ0v) is 16.9. The van der Waals surface area contributed by atoms with Crippen molar-refractivity contribution in [1.82, 2.24) is 0 Å². The monoisotopic (exact) mass is 386 g/mol. The minimum Gasteiger partial charge on any atom is -0.493 e. The lowest BCUT2D eigenvalue weighted by atomic mass is 10.1. The number of carbonyl (C=O) groups is 2. The summed E-state index contributed by atoms with van der Waals surface area (Å²) >= 11 is 0. The Kier molecular flexibility index (Phi) is 7.26. The Labute approximate surface area is 165 Å². The van der Waals surface area contributed by atoms with Crippen LogP contribution < -0.4 is 24.4 Å². The van der Waals surface area contributed by atoms with Crippen molar-refractivity contribution < 1.29 is 23.8 Å². The molecular weight excluding hydrogens is 360 g/mol. The molecule has 7 heteroatoms. The number of nitrogens with one attached hydrogen (secondary N) is 1. The fourth-order valence-corrected chi connectivity index (χ4v) is 2.79. The molecule has 0 aliphatic carbocycles. The van der Waals surface area contributed by atoms with Gasteiger partial charge in [-0.05, 0) is 24.1 Å². The first-order valence-electron chi connectivity index (χ1n) is 8.90. The van der Waals surface area contributed by atoms with Gasteiger partial charge in [0.2, 0.25) is 17.6 Å². The lowest BCUT2D eigenvalue weighted by Gasteiger charge is -2.21. The van der Waals surface area contributed by atoms with E-state index in [0.717, 1.165) is 12.0 Å². The molecule has 0 spiro atoms. The second-order valence-electron chi connectivity index (χ2n) is 6.09. The van der Waals surface area contributed by atoms with E-state index in [9.17, 15) is 9.59 Å². The molecule has 0 atom stereocenters. The van der Waals surface area contributed by atoms with Crippen LogP contribution in [0, 0.1) is 0 Å². The summed E-state index contributed by atoms with van der Waals surface area (Å²) in [7, 11) is 4.51. The van der Waals surface area contributed by atoms with Gasteiger partial charge in [-0.15, -0.1) is 0 Å². The highest BCUT2D eigenvalue weighted by Gasteiger charge is 2.18. The maximum absolute atomic E-state index is 12.6. The standard InChI is InChI=1S/C21H26N2O5/c1-6-15-7-9-17(10-8-15)23(14(2)24)13-20(25)22-16-11-18(26-3)21(28-5)19(12-16)27-4/h7-12H,6,13H2,1-5H3,(H,22,25). The van der Waals surface area contributed by atoms with Crippen LogP contribution in [0.4, 0.5) is 11.4 Å². The van der Waals surface area contributed by atoms with E-state index in [-0.39, 0.29) is 18.4 Å². The first kappa shape index (κ1) is 21.1. The van der Waals surface area contributed by atoms with Crippen molar-refractivity contribution in [3.63, 3.8) is 0 Å². The van der Waals surface area contributed by atoms with Crippen molar-refractivity contribution in [2.45, 2.75) is 20.3 Å². The highest BCUT2D eigenvalue weighted by Crippen LogP contribution is 2.39. The van der Waals surface area contributed by atoms with Crippen molar-refractivity contribution in [2.24, 2.45) is 0 Å². The number of benzene rings is 2. The lowest BCUT2D eigenvalue weighted by molar-refractivity contribution is -0.120. The third-order valence-electron chi connectivity index (χ3n) is 4.29.